The molecule has 0 saturated heterocycles. The highest BCUT2D eigenvalue weighted by Gasteiger charge is 2.28. The van der Waals surface area contributed by atoms with Crippen LogP contribution < -0.4 is 0 Å². The molecule has 0 aliphatic carbocycles. The highest BCUT2D eigenvalue weighted by molar-refractivity contribution is 6.00. The summed E-state index contributed by atoms with van der Waals surface area (Å²) >= 11 is 0. The summed E-state index contributed by atoms with van der Waals surface area (Å²) in [6.45, 7) is 8.25. The molecule has 5 heteroatoms. The maximum absolute atomic E-state index is 13.2. The molecule has 0 aromatic heterocycles. The summed E-state index contributed by atoms with van der Waals surface area (Å²) in [6, 6.07) is 12.8. The third-order valence-electron chi connectivity index (χ3n) is 4.69. The average Bonchev–Trinajstić information content (AvgIpc) is 2.70. The molecule has 0 fully saturated rings. The van der Waals surface area contributed by atoms with Gasteiger partial charge in [0.2, 0.25) is 6.19 Å². The van der Waals surface area contributed by atoms with E-state index in [0.717, 1.165) is 41.0 Å². The molecule has 29 heavy (non-hydrogen) atoms. The number of carbonyl (C=O) groups excluding carboxylic acids is 2. The lowest BCUT2D eigenvalue weighted by Crippen LogP contribution is -2.47. The predicted molar refractivity (Wildman–Crippen MR) is 114 cm³/mol. The number of amides is 2. The van der Waals surface area contributed by atoms with Crippen molar-refractivity contribution >= 4 is 11.8 Å². The summed E-state index contributed by atoms with van der Waals surface area (Å²) in [6.07, 6.45) is 5.41. The summed E-state index contributed by atoms with van der Waals surface area (Å²) in [5, 5.41) is 11.9. The van der Waals surface area contributed by atoms with E-state index in [1.54, 1.807) is 24.3 Å². The van der Waals surface area contributed by atoms with Gasteiger partial charge in [-0.05, 0) is 56.5 Å². The summed E-state index contributed by atoms with van der Waals surface area (Å²) in [5.74, 6) is -0.841. The van der Waals surface area contributed by atoms with Crippen molar-refractivity contribution in [2.24, 2.45) is 0 Å². The number of aryl methyl sites for hydroxylation is 3. The van der Waals surface area contributed by atoms with Crippen molar-refractivity contribution in [3.05, 3.63) is 70.3 Å². The highest BCUT2D eigenvalue weighted by Crippen LogP contribution is 2.16. The Morgan fingerprint density at radius 2 is 1.52 bits per heavy atom. The molecule has 0 saturated carbocycles. The fourth-order valence-electron chi connectivity index (χ4n) is 3.28. The fourth-order valence-corrected chi connectivity index (χ4v) is 3.28. The monoisotopic (exact) mass is 391 g/mol. The van der Waals surface area contributed by atoms with E-state index in [1.807, 2.05) is 45.2 Å². The number of hydrogen-bond acceptors (Lipinski definition) is 3. The predicted octanol–water partition coefficient (Wildman–Crippen LogP) is 5.04. The average molecular weight is 392 g/mol. The van der Waals surface area contributed by atoms with Crippen LogP contribution in [0.25, 0.3) is 0 Å². The zero-order valence-electron chi connectivity index (χ0n) is 17.7. The van der Waals surface area contributed by atoms with Crippen molar-refractivity contribution in [3.63, 3.8) is 0 Å². The zero-order valence-corrected chi connectivity index (χ0v) is 17.7. The van der Waals surface area contributed by atoms with Crippen molar-refractivity contribution in [3.8, 4) is 6.19 Å². The van der Waals surface area contributed by atoms with Crippen LogP contribution in [0, 0.1) is 25.3 Å². The number of carbonyl (C=O) groups is 2. The molecule has 2 rings (SSSR count). The first-order valence-electron chi connectivity index (χ1n) is 10.1. The molecule has 2 aromatic carbocycles. The smallest absolute Gasteiger partial charge is 0.267 e. The van der Waals surface area contributed by atoms with E-state index >= 15 is 0 Å². The lowest BCUT2D eigenvalue weighted by atomic mass is 10.1. The molecule has 2 amide bonds. The Labute approximate surface area is 173 Å². The molecular weight excluding hydrogens is 362 g/mol. The van der Waals surface area contributed by atoms with Gasteiger partial charge < -0.3 is 0 Å². The molecule has 0 bridgehead atoms. The van der Waals surface area contributed by atoms with Crippen LogP contribution in [0.3, 0.4) is 0 Å². The maximum atomic E-state index is 13.2. The second-order valence-electron chi connectivity index (χ2n) is 7.32. The summed E-state index contributed by atoms with van der Waals surface area (Å²) in [5.41, 5.74) is 3.93. The number of rotatable bonds is 7. The van der Waals surface area contributed by atoms with Gasteiger partial charge in [-0.25, -0.2) is 5.01 Å². The van der Waals surface area contributed by atoms with Crippen LogP contribution in [-0.2, 0) is 6.42 Å². The summed E-state index contributed by atoms with van der Waals surface area (Å²) in [7, 11) is 0. The number of nitrogens with zero attached hydrogens (tertiary/aromatic N) is 3. The molecule has 0 N–H and O–H groups in total. The van der Waals surface area contributed by atoms with Crippen LogP contribution in [0.4, 0.5) is 0 Å². The molecule has 152 valence electrons. The number of unbranched alkanes of at least 4 members (excludes halogenated alkanes) is 1. The minimum Gasteiger partial charge on any atom is -0.267 e. The van der Waals surface area contributed by atoms with Crippen LogP contribution in [0.5, 0.6) is 0 Å². The SMILES string of the molecule is CCCCN(C(=O)c1cc(C)cc(C)c1)N(C#N)C(=O)c1ccc(CCC)cc1. The van der Waals surface area contributed by atoms with Crippen molar-refractivity contribution in [2.45, 2.75) is 53.4 Å². The van der Waals surface area contributed by atoms with Crippen molar-refractivity contribution in [2.75, 3.05) is 6.54 Å². The maximum Gasteiger partial charge on any atom is 0.286 e. The molecule has 0 aliphatic heterocycles. The van der Waals surface area contributed by atoms with Gasteiger partial charge >= 0.3 is 0 Å². The number of benzene rings is 2. The Bertz CT molecular complexity index is 877. The number of nitriles is 1. The van der Waals surface area contributed by atoms with E-state index in [4.69, 9.17) is 0 Å². The molecule has 0 spiro atoms. The van der Waals surface area contributed by atoms with Crippen molar-refractivity contribution in [1.82, 2.24) is 10.0 Å². The number of hydrogen-bond donors (Lipinski definition) is 0. The molecule has 0 radical (unpaired) electrons. The fraction of sp³-hybridized carbons (Fsp3) is 0.375. The first-order chi connectivity index (χ1) is 13.9. The summed E-state index contributed by atoms with van der Waals surface area (Å²) < 4.78 is 0. The second-order valence-corrected chi connectivity index (χ2v) is 7.32. The van der Waals surface area contributed by atoms with Gasteiger partial charge in [0.05, 0.1) is 0 Å². The quantitative estimate of drug-likeness (QED) is 0.377. The first kappa shape index (κ1) is 22.2. The minimum absolute atomic E-state index is 0.301. The van der Waals surface area contributed by atoms with Gasteiger partial charge in [0.15, 0.2) is 0 Å². The molecule has 5 nitrogen and oxygen atoms in total. The van der Waals surface area contributed by atoms with Gasteiger partial charge in [0, 0.05) is 17.7 Å². The lowest BCUT2D eigenvalue weighted by molar-refractivity contribution is 0.0191. The van der Waals surface area contributed by atoms with E-state index < -0.39 is 5.91 Å². The third kappa shape index (κ3) is 5.68. The Hall–Kier alpha value is -3.13. The Balaban J connectivity index is 2.35. The summed E-state index contributed by atoms with van der Waals surface area (Å²) in [4.78, 5) is 26.2. The topological polar surface area (TPSA) is 64.4 Å². The molecule has 0 atom stereocenters. The van der Waals surface area contributed by atoms with Gasteiger partial charge in [-0.1, -0.05) is 56.0 Å². The van der Waals surface area contributed by atoms with Crippen LogP contribution in [0.1, 0.15) is 70.5 Å². The largest absolute Gasteiger partial charge is 0.286 e. The Morgan fingerprint density at radius 3 is 2.03 bits per heavy atom. The van der Waals surface area contributed by atoms with Crippen molar-refractivity contribution < 1.29 is 9.59 Å². The van der Waals surface area contributed by atoms with Crippen molar-refractivity contribution in [1.29, 1.82) is 5.26 Å². The van der Waals surface area contributed by atoms with E-state index in [1.165, 1.54) is 5.01 Å². The second kappa shape index (κ2) is 10.4. The van der Waals surface area contributed by atoms with Crippen LogP contribution >= 0.6 is 0 Å². The molecule has 0 unspecified atom stereocenters. The molecular formula is C24H29N3O2. The van der Waals surface area contributed by atoms with E-state index in [-0.39, 0.29) is 5.91 Å². The molecule has 0 heterocycles. The van der Waals surface area contributed by atoms with E-state index in [0.29, 0.717) is 24.1 Å². The molecule has 0 aliphatic rings. The van der Waals surface area contributed by atoms with Crippen LogP contribution in [0.15, 0.2) is 42.5 Å². The van der Waals surface area contributed by atoms with Gasteiger partial charge in [-0.15, -0.1) is 5.01 Å². The van der Waals surface area contributed by atoms with E-state index in [9.17, 15) is 14.9 Å². The van der Waals surface area contributed by atoms with Gasteiger partial charge in [-0.2, -0.15) is 5.26 Å². The highest BCUT2D eigenvalue weighted by atomic mass is 16.2. The van der Waals surface area contributed by atoms with Gasteiger partial charge in [0.1, 0.15) is 0 Å². The molecule has 2 aromatic rings. The lowest BCUT2D eigenvalue weighted by Gasteiger charge is -2.29. The zero-order chi connectivity index (χ0) is 21.4. The Kier molecular flexibility index (Phi) is 7.97. The van der Waals surface area contributed by atoms with Crippen LogP contribution in [0.2, 0.25) is 0 Å². The standard InChI is InChI=1S/C24H29N3O2/c1-5-7-13-26(24(29)22-15-18(3)14-19(4)16-22)27(17-25)23(28)21-11-9-20(8-6-2)10-12-21/h9-12,14-16H,5-8,13H2,1-4H3. The van der Waals surface area contributed by atoms with E-state index in [2.05, 4.69) is 6.92 Å². The third-order valence-corrected chi connectivity index (χ3v) is 4.69. The number of hydrazine groups is 1. The van der Waals surface area contributed by atoms with Crippen LogP contribution in [-0.4, -0.2) is 28.4 Å². The minimum atomic E-state index is -0.496. The van der Waals surface area contributed by atoms with Gasteiger partial charge in [-0.3, -0.25) is 9.59 Å². The first-order valence-corrected chi connectivity index (χ1v) is 10.1. The normalized spacial score (nSPS) is 10.3. The van der Waals surface area contributed by atoms with Gasteiger partial charge in [0.25, 0.3) is 11.8 Å². The Morgan fingerprint density at radius 1 is 0.897 bits per heavy atom.